The van der Waals surface area contributed by atoms with Crippen LogP contribution in [0.15, 0.2) is 58.2 Å². The van der Waals surface area contributed by atoms with Gasteiger partial charge in [-0.25, -0.2) is 0 Å². The fourth-order valence-corrected chi connectivity index (χ4v) is 4.82. The molecule has 176 valence electrons. The van der Waals surface area contributed by atoms with Crippen LogP contribution in [0.2, 0.25) is 5.02 Å². The van der Waals surface area contributed by atoms with Crippen molar-refractivity contribution in [3.8, 4) is 11.5 Å². The maximum atomic E-state index is 13.7. The highest BCUT2D eigenvalue weighted by Gasteiger charge is 2.45. The first-order chi connectivity index (χ1) is 16.4. The number of aromatic hydroxyl groups is 1. The second-order valence-electron chi connectivity index (χ2n) is 8.32. The quantitative estimate of drug-likeness (QED) is 0.494. The lowest BCUT2D eigenvalue weighted by atomic mass is 9.94. The van der Waals surface area contributed by atoms with E-state index in [1.165, 1.54) is 30.2 Å². The van der Waals surface area contributed by atoms with E-state index in [1.807, 2.05) is 0 Å². The van der Waals surface area contributed by atoms with Crippen molar-refractivity contribution < 1.29 is 33.7 Å². The molecule has 2 aromatic carbocycles. The molecule has 1 amide bonds. The first-order valence-electron chi connectivity index (χ1n) is 10.8. The van der Waals surface area contributed by atoms with Crippen LogP contribution in [-0.4, -0.2) is 53.2 Å². The van der Waals surface area contributed by atoms with Gasteiger partial charge in [-0.05, 0) is 42.7 Å². The van der Waals surface area contributed by atoms with Gasteiger partial charge < -0.3 is 29.0 Å². The molecule has 1 saturated heterocycles. The molecule has 2 aliphatic heterocycles. The van der Waals surface area contributed by atoms with Crippen LogP contribution in [-0.2, 0) is 9.53 Å². The minimum atomic E-state index is -0.921. The number of amides is 1. The summed E-state index contributed by atoms with van der Waals surface area (Å²) >= 11 is 6.14. The molecule has 8 nitrogen and oxygen atoms in total. The number of carbonyl (C=O) groups excluding carboxylic acids is 2. The Kier molecular flexibility index (Phi) is 5.71. The van der Waals surface area contributed by atoms with Crippen LogP contribution in [0.25, 0.3) is 11.0 Å². The number of halogens is 1. The van der Waals surface area contributed by atoms with Crippen LogP contribution in [0.1, 0.15) is 35.0 Å². The van der Waals surface area contributed by atoms with Crippen LogP contribution in [0, 0.1) is 0 Å². The molecule has 2 atom stereocenters. The van der Waals surface area contributed by atoms with Gasteiger partial charge in [0.15, 0.2) is 22.9 Å². The van der Waals surface area contributed by atoms with Gasteiger partial charge in [0.25, 0.3) is 5.91 Å². The van der Waals surface area contributed by atoms with Crippen LogP contribution >= 0.6 is 11.6 Å². The summed E-state index contributed by atoms with van der Waals surface area (Å²) in [4.78, 5) is 28.2. The van der Waals surface area contributed by atoms with Crippen molar-refractivity contribution in [1.82, 2.24) is 4.90 Å². The summed E-state index contributed by atoms with van der Waals surface area (Å²) in [6.07, 6.45) is 1.44. The van der Waals surface area contributed by atoms with Crippen molar-refractivity contribution in [2.75, 3.05) is 20.3 Å². The van der Waals surface area contributed by atoms with Crippen LogP contribution in [0.4, 0.5) is 0 Å². The molecule has 0 bridgehead atoms. The minimum absolute atomic E-state index is 0.0247. The van der Waals surface area contributed by atoms with Crippen molar-refractivity contribution in [2.24, 2.45) is 0 Å². The van der Waals surface area contributed by atoms with E-state index in [4.69, 9.17) is 25.5 Å². The maximum absolute atomic E-state index is 13.7. The predicted molar refractivity (Wildman–Crippen MR) is 123 cm³/mol. The van der Waals surface area contributed by atoms with E-state index in [-0.39, 0.29) is 29.7 Å². The molecule has 0 saturated carbocycles. The minimum Gasteiger partial charge on any atom is -0.508 e. The normalized spacial score (nSPS) is 20.5. The van der Waals surface area contributed by atoms with Gasteiger partial charge in [0.2, 0.25) is 5.78 Å². The van der Waals surface area contributed by atoms with E-state index in [2.05, 4.69) is 0 Å². The smallest absolute Gasteiger partial charge is 0.290 e. The van der Waals surface area contributed by atoms with Crippen LogP contribution in [0.5, 0.6) is 11.5 Å². The molecule has 0 radical (unpaired) electrons. The van der Waals surface area contributed by atoms with E-state index in [0.717, 1.165) is 12.8 Å². The number of aliphatic hydroxyl groups is 1. The van der Waals surface area contributed by atoms with E-state index in [9.17, 15) is 19.8 Å². The Morgan fingerprint density at radius 3 is 2.76 bits per heavy atom. The Labute approximate surface area is 199 Å². The number of nitrogens with zero attached hydrogens (tertiary/aromatic N) is 1. The summed E-state index contributed by atoms with van der Waals surface area (Å²) in [5.74, 6) is -1.72. The average Bonchev–Trinajstić information content (AvgIpc) is 3.53. The van der Waals surface area contributed by atoms with Crippen molar-refractivity contribution in [3.63, 3.8) is 0 Å². The molecule has 0 spiro atoms. The first kappa shape index (κ1) is 22.3. The van der Waals surface area contributed by atoms with E-state index in [1.54, 1.807) is 24.3 Å². The summed E-state index contributed by atoms with van der Waals surface area (Å²) < 4.78 is 16.8. The van der Waals surface area contributed by atoms with E-state index >= 15 is 0 Å². The first-order valence-corrected chi connectivity index (χ1v) is 11.2. The third-order valence-electron chi connectivity index (χ3n) is 6.15. The molecule has 5 rings (SSSR count). The predicted octanol–water partition coefficient (Wildman–Crippen LogP) is 4.56. The number of aliphatic hydroxyl groups excluding tert-OH is 1. The van der Waals surface area contributed by atoms with Gasteiger partial charge in [-0.2, -0.15) is 0 Å². The number of ether oxygens (including phenoxy) is 2. The number of phenolic OH excluding ortho intramolecular Hbond substituents is 1. The molecule has 3 aromatic rings. The number of fused-ring (bicyclic) bond motifs is 1. The Balaban J connectivity index is 1.59. The molecule has 3 heterocycles. The van der Waals surface area contributed by atoms with E-state index in [0.29, 0.717) is 33.9 Å². The third-order valence-corrected chi connectivity index (χ3v) is 6.37. The lowest BCUT2D eigenvalue weighted by Gasteiger charge is -2.28. The number of carbonyl (C=O) groups is 2. The molecular weight excluding hydrogens is 462 g/mol. The average molecular weight is 484 g/mol. The number of hydrogen-bond donors (Lipinski definition) is 2. The molecule has 1 fully saturated rings. The van der Waals surface area contributed by atoms with Crippen molar-refractivity contribution in [2.45, 2.75) is 25.0 Å². The lowest BCUT2D eigenvalue weighted by Crippen LogP contribution is -2.37. The Morgan fingerprint density at radius 2 is 2.06 bits per heavy atom. The molecule has 2 aliphatic rings. The van der Waals surface area contributed by atoms with Crippen LogP contribution in [0.3, 0.4) is 0 Å². The highest BCUT2D eigenvalue weighted by atomic mass is 35.5. The summed E-state index contributed by atoms with van der Waals surface area (Å²) in [7, 11) is 1.46. The number of Topliss-reactive ketones (excluding diaryl/α,β-unsaturated/α-hetero) is 1. The van der Waals surface area contributed by atoms with Crippen molar-refractivity contribution in [3.05, 3.63) is 70.1 Å². The second kappa shape index (κ2) is 8.70. The largest absolute Gasteiger partial charge is 0.508 e. The number of benzene rings is 2. The zero-order valence-corrected chi connectivity index (χ0v) is 19.0. The number of rotatable bonds is 6. The summed E-state index contributed by atoms with van der Waals surface area (Å²) in [6.45, 7) is 0.793. The second-order valence-corrected chi connectivity index (χ2v) is 8.75. The van der Waals surface area contributed by atoms with Gasteiger partial charge in [-0.1, -0.05) is 23.7 Å². The monoisotopic (exact) mass is 483 g/mol. The Morgan fingerprint density at radius 1 is 1.24 bits per heavy atom. The van der Waals surface area contributed by atoms with Gasteiger partial charge in [-0.15, -0.1) is 0 Å². The summed E-state index contributed by atoms with van der Waals surface area (Å²) in [6, 6.07) is 10.0. The molecular formula is C25H22ClNO7. The number of hydrogen-bond acceptors (Lipinski definition) is 7. The Hall–Kier alpha value is -3.49. The standard InChI is InChI=1S/C25H22ClNO7/c1-32-19-11-15(26)8-14-10-18(34-24(14)19)22(29)20-21(13-4-2-5-16(28)9-13)27(25(31)23(20)30)12-17-6-3-7-33-17/h2,4-5,8-11,17,21,28,30H,3,6-7,12H2,1H3. The molecule has 34 heavy (non-hydrogen) atoms. The van der Waals surface area contributed by atoms with Crippen LogP contribution < -0.4 is 4.74 Å². The fourth-order valence-electron chi connectivity index (χ4n) is 4.61. The highest BCUT2D eigenvalue weighted by molar-refractivity contribution is 6.31. The summed E-state index contributed by atoms with van der Waals surface area (Å²) in [5.41, 5.74) is 0.679. The third kappa shape index (κ3) is 3.78. The number of furan rings is 1. The molecule has 9 heteroatoms. The highest BCUT2D eigenvalue weighted by Crippen LogP contribution is 2.41. The van der Waals surface area contributed by atoms with Crippen molar-refractivity contribution >= 4 is 34.3 Å². The maximum Gasteiger partial charge on any atom is 0.290 e. The lowest BCUT2D eigenvalue weighted by molar-refractivity contribution is -0.131. The molecule has 1 aromatic heterocycles. The molecule has 2 unspecified atom stereocenters. The zero-order valence-electron chi connectivity index (χ0n) is 18.3. The van der Waals surface area contributed by atoms with Gasteiger partial charge in [0.1, 0.15) is 5.75 Å². The number of phenols is 1. The zero-order chi connectivity index (χ0) is 24.0. The number of ketones is 1. The van der Waals surface area contributed by atoms with Gasteiger partial charge in [0.05, 0.1) is 24.8 Å². The Bertz CT molecular complexity index is 1320. The van der Waals surface area contributed by atoms with Gasteiger partial charge >= 0.3 is 0 Å². The summed E-state index contributed by atoms with van der Waals surface area (Å²) in [5, 5.41) is 21.8. The van der Waals surface area contributed by atoms with Gasteiger partial charge in [0, 0.05) is 29.6 Å². The van der Waals surface area contributed by atoms with Gasteiger partial charge in [-0.3, -0.25) is 9.59 Å². The topological polar surface area (TPSA) is 109 Å². The van der Waals surface area contributed by atoms with E-state index < -0.39 is 23.5 Å². The van der Waals surface area contributed by atoms with Crippen molar-refractivity contribution in [1.29, 1.82) is 0 Å². The molecule has 0 aliphatic carbocycles. The fraction of sp³-hybridized carbons (Fsp3) is 0.280. The molecule has 2 N–H and O–H groups in total. The number of methoxy groups -OCH3 is 1. The SMILES string of the molecule is COc1cc(Cl)cc2cc(C(=O)C3=C(O)C(=O)N(CC4CCCO4)C3c3cccc(O)c3)oc12.